The van der Waals surface area contributed by atoms with Gasteiger partial charge in [-0.1, -0.05) is 23.2 Å². The molecular formula is C3H2Cl2O3-2. The maximum atomic E-state index is 8.33. The third kappa shape index (κ3) is 338. The van der Waals surface area contributed by atoms with Crippen LogP contribution in [0.15, 0.2) is 11.1 Å². The number of carboxylic acid groups (broad SMARTS) is 2. The Balaban J connectivity index is 0. The Hall–Kier alpha value is -0.410. The normalized spacial score (nSPS) is 7.75. The van der Waals surface area contributed by atoms with Gasteiger partial charge >= 0.3 is 0 Å². The Morgan fingerprint density at radius 1 is 1.25 bits per heavy atom. The SMILES string of the molecule is ClC=CCl.O=C([O-])[O-]. The molecule has 0 aliphatic rings. The van der Waals surface area contributed by atoms with Gasteiger partial charge in [0.1, 0.15) is 0 Å². The van der Waals surface area contributed by atoms with Crippen LogP contribution in [0, 0.1) is 0 Å². The van der Waals surface area contributed by atoms with Gasteiger partial charge in [0.05, 0.1) is 0 Å². The predicted octanol–water partition coefficient (Wildman–Crippen LogP) is -0.512. The first-order valence-corrected chi connectivity index (χ1v) is 2.26. The summed E-state index contributed by atoms with van der Waals surface area (Å²) in [4.78, 5) is 8.33. The quantitative estimate of drug-likeness (QED) is 0.475. The zero-order chi connectivity index (χ0) is 6.99. The second-order valence-corrected chi connectivity index (χ2v) is 1.01. The van der Waals surface area contributed by atoms with E-state index in [1.165, 1.54) is 11.1 Å². The molecule has 0 aromatic heterocycles. The molecule has 0 heterocycles. The standard InChI is InChI=1S/C2H2Cl2.CH2O3/c3-1-2-4;2-1(3)4/h1-2H;(H2,2,3,4)/p-2. The van der Waals surface area contributed by atoms with Crippen molar-refractivity contribution in [3.05, 3.63) is 11.1 Å². The average Bonchev–Trinajstić information content (AvgIpc) is 1.65. The molecule has 0 atom stereocenters. The van der Waals surface area contributed by atoms with Crippen LogP contribution in [0.1, 0.15) is 0 Å². The van der Waals surface area contributed by atoms with E-state index < -0.39 is 6.16 Å². The van der Waals surface area contributed by atoms with E-state index in [2.05, 4.69) is 0 Å². The van der Waals surface area contributed by atoms with Crippen LogP contribution in [0.5, 0.6) is 0 Å². The molecular weight excluding hydrogens is 155 g/mol. The van der Waals surface area contributed by atoms with Crippen molar-refractivity contribution in [3.8, 4) is 0 Å². The van der Waals surface area contributed by atoms with Gasteiger partial charge < -0.3 is 15.0 Å². The molecule has 0 aromatic rings. The lowest BCUT2D eigenvalue weighted by Gasteiger charge is -1.96. The van der Waals surface area contributed by atoms with E-state index >= 15 is 0 Å². The second-order valence-electron chi connectivity index (χ2n) is 0.502. The highest BCUT2D eigenvalue weighted by molar-refractivity contribution is 6.33. The maximum absolute atomic E-state index is 8.33. The number of hydrogen-bond acceptors (Lipinski definition) is 3. The summed E-state index contributed by atoms with van der Waals surface area (Å²) in [6.45, 7) is 0. The molecule has 0 fully saturated rings. The van der Waals surface area contributed by atoms with E-state index in [0.29, 0.717) is 0 Å². The van der Waals surface area contributed by atoms with Crippen molar-refractivity contribution in [2.75, 3.05) is 0 Å². The molecule has 48 valence electrons. The number of carbonyl (C=O) groups excluding carboxylic acids is 1. The fourth-order valence-electron chi connectivity index (χ4n) is 0. The first-order valence-electron chi connectivity index (χ1n) is 1.38. The molecule has 0 rings (SSSR count). The first kappa shape index (κ1) is 10.5. The van der Waals surface area contributed by atoms with Gasteiger partial charge in [0, 0.05) is 11.1 Å². The van der Waals surface area contributed by atoms with Gasteiger partial charge in [-0.25, -0.2) is 0 Å². The van der Waals surface area contributed by atoms with Crippen LogP contribution in [0.3, 0.4) is 0 Å². The molecule has 0 saturated carbocycles. The Bertz CT molecular complexity index is 72.6. The van der Waals surface area contributed by atoms with E-state index in [9.17, 15) is 0 Å². The van der Waals surface area contributed by atoms with Crippen LogP contribution in [0.25, 0.3) is 0 Å². The molecule has 0 N–H and O–H groups in total. The van der Waals surface area contributed by atoms with E-state index in [1.807, 2.05) is 0 Å². The fraction of sp³-hybridized carbons (Fsp3) is 0. The number of carbonyl (C=O) groups is 1. The Labute approximate surface area is 56.1 Å². The molecule has 5 heteroatoms. The largest absolute Gasteiger partial charge is 0.652 e. The minimum absolute atomic E-state index is 1.24. The number of hydrogen-bond donors (Lipinski definition) is 0. The van der Waals surface area contributed by atoms with Crippen molar-refractivity contribution >= 4 is 29.4 Å². The molecule has 0 aliphatic carbocycles. The van der Waals surface area contributed by atoms with Crippen molar-refractivity contribution in [1.29, 1.82) is 0 Å². The molecule has 0 bridgehead atoms. The molecule has 0 amide bonds. The summed E-state index contributed by atoms with van der Waals surface area (Å²) >= 11 is 9.75. The van der Waals surface area contributed by atoms with E-state index in [0.717, 1.165) is 0 Å². The first-order chi connectivity index (χ1) is 3.65. The molecule has 0 aliphatic heterocycles. The second kappa shape index (κ2) is 9.77. The summed E-state index contributed by atoms with van der Waals surface area (Å²) in [7, 11) is 0. The van der Waals surface area contributed by atoms with Crippen LogP contribution in [0.2, 0.25) is 0 Å². The number of halogens is 2. The maximum Gasteiger partial charge on any atom is 0.0156 e. The lowest BCUT2D eigenvalue weighted by molar-refractivity contribution is -0.415. The summed E-state index contributed by atoms with van der Waals surface area (Å²) < 4.78 is 0. The number of rotatable bonds is 0. The summed E-state index contributed by atoms with van der Waals surface area (Å²) in [5.74, 6) is 0. The van der Waals surface area contributed by atoms with Crippen LogP contribution in [-0.4, -0.2) is 6.16 Å². The van der Waals surface area contributed by atoms with Crippen LogP contribution in [0.4, 0.5) is 4.79 Å². The van der Waals surface area contributed by atoms with Gasteiger partial charge in [0.15, 0.2) is 0 Å². The highest BCUT2D eigenvalue weighted by Gasteiger charge is 1.40. The highest BCUT2D eigenvalue weighted by Crippen LogP contribution is 1.78. The third-order valence-electron chi connectivity index (χ3n) is 0.0476. The minimum atomic E-state index is -2.33. The predicted molar refractivity (Wildman–Crippen MR) is 26.2 cm³/mol. The van der Waals surface area contributed by atoms with Crippen molar-refractivity contribution in [3.63, 3.8) is 0 Å². The van der Waals surface area contributed by atoms with Gasteiger partial charge in [-0.05, 0) is 6.16 Å². The summed E-state index contributed by atoms with van der Waals surface area (Å²) in [6.07, 6.45) is -2.33. The monoisotopic (exact) mass is 156 g/mol. The van der Waals surface area contributed by atoms with Gasteiger partial charge in [-0.3, -0.25) is 0 Å². The van der Waals surface area contributed by atoms with Crippen molar-refractivity contribution < 1.29 is 15.0 Å². The summed E-state index contributed by atoms with van der Waals surface area (Å²) in [5.41, 5.74) is 2.48. The lowest BCUT2D eigenvalue weighted by atomic mass is 11.3. The smallest absolute Gasteiger partial charge is 0.0156 e. The van der Waals surface area contributed by atoms with Gasteiger partial charge in [-0.15, -0.1) is 0 Å². The summed E-state index contributed by atoms with van der Waals surface area (Å²) in [5, 5.41) is 16.7. The highest BCUT2D eigenvalue weighted by atomic mass is 35.5. The molecule has 0 radical (unpaired) electrons. The lowest BCUT2D eigenvalue weighted by Crippen LogP contribution is -2.37. The fourth-order valence-corrected chi connectivity index (χ4v) is 0. The van der Waals surface area contributed by atoms with E-state index in [4.69, 9.17) is 38.2 Å². The zero-order valence-electron chi connectivity index (χ0n) is 3.64. The topological polar surface area (TPSA) is 63.2 Å². The van der Waals surface area contributed by atoms with E-state index in [-0.39, 0.29) is 0 Å². The Kier molecular flexibility index (Phi) is 12.9. The molecule has 0 saturated heterocycles. The van der Waals surface area contributed by atoms with Crippen LogP contribution < -0.4 is 10.2 Å². The van der Waals surface area contributed by atoms with Crippen molar-refractivity contribution in [2.45, 2.75) is 0 Å². The molecule has 0 spiro atoms. The molecule has 0 unspecified atom stereocenters. The van der Waals surface area contributed by atoms with Crippen LogP contribution in [-0.2, 0) is 0 Å². The van der Waals surface area contributed by atoms with Crippen LogP contribution >= 0.6 is 23.2 Å². The average molecular weight is 157 g/mol. The molecule has 3 nitrogen and oxygen atoms in total. The molecule has 0 aromatic carbocycles. The van der Waals surface area contributed by atoms with Crippen molar-refractivity contribution in [2.24, 2.45) is 0 Å². The third-order valence-corrected chi connectivity index (χ3v) is 0.429. The van der Waals surface area contributed by atoms with E-state index in [1.54, 1.807) is 0 Å². The molecule has 8 heavy (non-hydrogen) atoms. The Morgan fingerprint density at radius 2 is 1.38 bits per heavy atom. The van der Waals surface area contributed by atoms with Gasteiger partial charge in [0.25, 0.3) is 0 Å². The minimum Gasteiger partial charge on any atom is -0.652 e. The Morgan fingerprint density at radius 3 is 1.38 bits per heavy atom. The van der Waals surface area contributed by atoms with Gasteiger partial charge in [-0.2, -0.15) is 0 Å². The zero-order valence-corrected chi connectivity index (χ0v) is 5.15. The summed E-state index contributed by atoms with van der Waals surface area (Å²) in [6, 6.07) is 0. The van der Waals surface area contributed by atoms with Crippen molar-refractivity contribution in [1.82, 2.24) is 0 Å². The van der Waals surface area contributed by atoms with Gasteiger partial charge in [0.2, 0.25) is 0 Å².